The third-order valence-electron chi connectivity index (χ3n) is 3.51. The van der Waals surface area contributed by atoms with Gasteiger partial charge in [0.15, 0.2) is 0 Å². The molecule has 0 bridgehead atoms. The first kappa shape index (κ1) is 16.0. The van der Waals surface area contributed by atoms with Gasteiger partial charge in [-0.3, -0.25) is 4.90 Å². The first-order chi connectivity index (χ1) is 9.26. The van der Waals surface area contributed by atoms with Crippen molar-refractivity contribution in [2.45, 2.75) is 39.7 Å². The Morgan fingerprint density at radius 3 is 2.21 bits per heavy atom. The van der Waals surface area contributed by atoms with Crippen LogP contribution in [0, 0.1) is 0 Å². The fraction of sp³-hybridized carbons (Fsp3) is 0.625. The lowest BCUT2D eigenvalue weighted by Crippen LogP contribution is -2.33. The Labute approximate surface area is 117 Å². The molecule has 0 aliphatic carbocycles. The van der Waals surface area contributed by atoms with Crippen molar-refractivity contribution in [3.8, 4) is 5.75 Å². The highest BCUT2D eigenvalue weighted by Crippen LogP contribution is 2.22. The number of hydrogen-bond donors (Lipinski definition) is 1. The smallest absolute Gasteiger partial charge is 0.119 e. The molecule has 0 saturated heterocycles. The number of ether oxygens (including phenoxy) is 1. The summed E-state index contributed by atoms with van der Waals surface area (Å²) < 4.78 is 5.68. The molecule has 0 aliphatic rings. The molecule has 1 aromatic rings. The van der Waals surface area contributed by atoms with Crippen LogP contribution in [0.15, 0.2) is 24.3 Å². The Bertz CT molecular complexity index is 333. The van der Waals surface area contributed by atoms with E-state index in [1.807, 2.05) is 0 Å². The van der Waals surface area contributed by atoms with Crippen molar-refractivity contribution in [2.24, 2.45) is 5.73 Å². The Morgan fingerprint density at radius 2 is 1.74 bits per heavy atom. The second-order valence-electron chi connectivity index (χ2n) is 4.74. The minimum absolute atomic E-state index is 0.305. The van der Waals surface area contributed by atoms with Crippen LogP contribution in [0.2, 0.25) is 0 Å². The highest BCUT2D eigenvalue weighted by atomic mass is 16.5. The van der Waals surface area contributed by atoms with Gasteiger partial charge in [0, 0.05) is 12.6 Å². The summed E-state index contributed by atoms with van der Waals surface area (Å²) in [7, 11) is 0. The molecule has 0 aliphatic heterocycles. The van der Waals surface area contributed by atoms with Crippen LogP contribution in [0.3, 0.4) is 0 Å². The third kappa shape index (κ3) is 4.84. The standard InChI is InChI=1S/C16H28N2O/c1-4-7-12-19-15-10-8-14(9-11-15)16(13-17)18(5-2)6-3/h8-11,16H,4-7,12-13,17H2,1-3H3. The summed E-state index contributed by atoms with van der Waals surface area (Å²) in [6.45, 7) is 10.0. The van der Waals surface area contributed by atoms with Crippen LogP contribution >= 0.6 is 0 Å². The molecule has 1 unspecified atom stereocenters. The second-order valence-corrected chi connectivity index (χ2v) is 4.74. The van der Waals surface area contributed by atoms with Gasteiger partial charge in [0.2, 0.25) is 0 Å². The molecule has 0 fully saturated rings. The van der Waals surface area contributed by atoms with Crippen LogP contribution in [0.5, 0.6) is 5.75 Å². The Balaban J connectivity index is 2.67. The van der Waals surface area contributed by atoms with E-state index in [0.717, 1.165) is 38.3 Å². The van der Waals surface area contributed by atoms with E-state index in [1.165, 1.54) is 5.56 Å². The van der Waals surface area contributed by atoms with Crippen molar-refractivity contribution in [3.05, 3.63) is 29.8 Å². The van der Waals surface area contributed by atoms with E-state index in [4.69, 9.17) is 10.5 Å². The largest absolute Gasteiger partial charge is 0.494 e. The summed E-state index contributed by atoms with van der Waals surface area (Å²) in [6.07, 6.45) is 2.27. The molecule has 0 spiro atoms. The second kappa shape index (κ2) is 8.94. The molecule has 1 atom stereocenters. The van der Waals surface area contributed by atoms with Crippen LogP contribution in [-0.4, -0.2) is 31.1 Å². The summed E-state index contributed by atoms with van der Waals surface area (Å²) >= 11 is 0. The average molecular weight is 264 g/mol. The van der Waals surface area contributed by atoms with Crippen molar-refractivity contribution >= 4 is 0 Å². The fourth-order valence-corrected chi connectivity index (χ4v) is 2.28. The van der Waals surface area contributed by atoms with Gasteiger partial charge in [-0.05, 0) is 37.2 Å². The van der Waals surface area contributed by atoms with E-state index in [9.17, 15) is 0 Å². The number of benzene rings is 1. The van der Waals surface area contributed by atoms with Gasteiger partial charge < -0.3 is 10.5 Å². The molecule has 0 amide bonds. The third-order valence-corrected chi connectivity index (χ3v) is 3.51. The Hall–Kier alpha value is -1.06. The minimum Gasteiger partial charge on any atom is -0.494 e. The van der Waals surface area contributed by atoms with E-state index in [1.54, 1.807) is 0 Å². The number of hydrogen-bond acceptors (Lipinski definition) is 3. The molecule has 0 aromatic heterocycles. The molecule has 0 radical (unpaired) electrons. The van der Waals surface area contributed by atoms with Crippen molar-refractivity contribution in [2.75, 3.05) is 26.2 Å². The van der Waals surface area contributed by atoms with E-state index in [2.05, 4.69) is 49.9 Å². The minimum atomic E-state index is 0.305. The maximum absolute atomic E-state index is 5.92. The molecule has 19 heavy (non-hydrogen) atoms. The summed E-state index contributed by atoms with van der Waals surface area (Å²) in [5.41, 5.74) is 7.19. The summed E-state index contributed by atoms with van der Waals surface area (Å²) in [6, 6.07) is 8.68. The molecule has 2 N–H and O–H groups in total. The highest BCUT2D eigenvalue weighted by molar-refractivity contribution is 5.29. The molecule has 108 valence electrons. The number of likely N-dealkylation sites (N-methyl/N-ethyl adjacent to an activating group) is 1. The van der Waals surface area contributed by atoms with Gasteiger partial charge in [-0.1, -0.05) is 39.3 Å². The number of nitrogens with zero attached hydrogens (tertiary/aromatic N) is 1. The molecule has 1 aromatic carbocycles. The van der Waals surface area contributed by atoms with Crippen molar-refractivity contribution in [1.82, 2.24) is 4.90 Å². The van der Waals surface area contributed by atoms with Crippen LogP contribution in [-0.2, 0) is 0 Å². The average Bonchev–Trinajstić information content (AvgIpc) is 2.46. The predicted molar refractivity (Wildman–Crippen MR) is 81.6 cm³/mol. The molecule has 0 heterocycles. The van der Waals surface area contributed by atoms with Gasteiger partial charge in [-0.15, -0.1) is 0 Å². The molecule has 3 heteroatoms. The molecular formula is C16H28N2O. The monoisotopic (exact) mass is 264 g/mol. The van der Waals surface area contributed by atoms with Gasteiger partial charge in [0.25, 0.3) is 0 Å². The van der Waals surface area contributed by atoms with Gasteiger partial charge in [-0.25, -0.2) is 0 Å². The lowest BCUT2D eigenvalue weighted by atomic mass is 10.1. The molecular weight excluding hydrogens is 236 g/mol. The van der Waals surface area contributed by atoms with Crippen LogP contribution < -0.4 is 10.5 Å². The Morgan fingerprint density at radius 1 is 1.11 bits per heavy atom. The molecule has 0 saturated carbocycles. The number of unbranched alkanes of at least 4 members (excludes halogenated alkanes) is 1. The summed E-state index contributed by atoms with van der Waals surface area (Å²) in [4.78, 5) is 2.38. The maximum atomic E-state index is 5.92. The van der Waals surface area contributed by atoms with Crippen molar-refractivity contribution in [3.63, 3.8) is 0 Å². The summed E-state index contributed by atoms with van der Waals surface area (Å²) in [5.74, 6) is 0.951. The van der Waals surface area contributed by atoms with Crippen LogP contribution in [0.4, 0.5) is 0 Å². The predicted octanol–water partition coefficient (Wildman–Crippen LogP) is 3.21. The van der Waals surface area contributed by atoms with Gasteiger partial charge in [0.1, 0.15) is 5.75 Å². The quantitative estimate of drug-likeness (QED) is 0.696. The van der Waals surface area contributed by atoms with Gasteiger partial charge in [-0.2, -0.15) is 0 Å². The number of rotatable bonds is 9. The normalized spacial score (nSPS) is 12.7. The SMILES string of the molecule is CCCCOc1ccc(C(CN)N(CC)CC)cc1. The molecule has 3 nitrogen and oxygen atoms in total. The zero-order chi connectivity index (χ0) is 14.1. The molecule has 1 rings (SSSR count). The summed E-state index contributed by atoms with van der Waals surface area (Å²) in [5, 5.41) is 0. The zero-order valence-corrected chi connectivity index (χ0v) is 12.6. The van der Waals surface area contributed by atoms with E-state index >= 15 is 0 Å². The lowest BCUT2D eigenvalue weighted by Gasteiger charge is -2.29. The van der Waals surface area contributed by atoms with Crippen molar-refractivity contribution < 1.29 is 4.74 Å². The highest BCUT2D eigenvalue weighted by Gasteiger charge is 2.15. The van der Waals surface area contributed by atoms with E-state index < -0.39 is 0 Å². The van der Waals surface area contributed by atoms with Gasteiger partial charge >= 0.3 is 0 Å². The topological polar surface area (TPSA) is 38.5 Å². The first-order valence-corrected chi connectivity index (χ1v) is 7.43. The first-order valence-electron chi connectivity index (χ1n) is 7.43. The lowest BCUT2D eigenvalue weighted by molar-refractivity contribution is 0.224. The van der Waals surface area contributed by atoms with Gasteiger partial charge in [0.05, 0.1) is 6.61 Å². The van der Waals surface area contributed by atoms with Crippen LogP contribution in [0.25, 0.3) is 0 Å². The fourth-order valence-electron chi connectivity index (χ4n) is 2.28. The zero-order valence-electron chi connectivity index (χ0n) is 12.6. The van der Waals surface area contributed by atoms with E-state index in [0.29, 0.717) is 12.6 Å². The maximum Gasteiger partial charge on any atom is 0.119 e. The van der Waals surface area contributed by atoms with Crippen molar-refractivity contribution in [1.29, 1.82) is 0 Å². The van der Waals surface area contributed by atoms with E-state index in [-0.39, 0.29) is 0 Å². The Kier molecular flexibility index (Phi) is 7.53. The van der Waals surface area contributed by atoms with Crippen LogP contribution in [0.1, 0.15) is 45.2 Å². The number of nitrogens with two attached hydrogens (primary N) is 1.